The molecule has 3 rings (SSSR count). The Labute approximate surface area is 126 Å². The van der Waals surface area contributed by atoms with Gasteiger partial charge in [-0.15, -0.1) is 0 Å². The number of benzene rings is 1. The molecule has 0 bridgehead atoms. The monoisotopic (exact) mass is 300 g/mol. The first-order chi connectivity index (χ1) is 10.0. The van der Waals surface area contributed by atoms with Crippen LogP contribution in [0.4, 0.5) is 0 Å². The van der Waals surface area contributed by atoms with E-state index in [0.717, 1.165) is 29.1 Å². The fourth-order valence-electron chi connectivity index (χ4n) is 2.68. The van der Waals surface area contributed by atoms with Crippen LogP contribution in [-0.4, -0.2) is 19.3 Å². The predicted molar refractivity (Wildman–Crippen MR) is 85.7 cm³/mol. The molecule has 0 unspecified atom stereocenters. The van der Waals surface area contributed by atoms with Crippen LogP contribution in [-0.2, 0) is 6.54 Å². The quantitative estimate of drug-likeness (QED) is 0.740. The molecule has 1 N–H and O–H groups in total. The topological polar surface area (TPSA) is 55.6 Å². The Balaban J connectivity index is 2.44. The van der Waals surface area contributed by atoms with Crippen LogP contribution in [0.2, 0.25) is 0 Å². The van der Waals surface area contributed by atoms with Gasteiger partial charge in [-0.3, -0.25) is 9.48 Å². The number of rotatable bonds is 2. The maximum Gasteiger partial charge on any atom is 0.266 e. The first-order valence-electron chi connectivity index (χ1n) is 6.83. The van der Waals surface area contributed by atoms with E-state index in [9.17, 15) is 4.79 Å². The van der Waals surface area contributed by atoms with Gasteiger partial charge in [0.2, 0.25) is 0 Å². The number of nitrogens with one attached hydrogen (secondary N) is 1. The molecule has 5 nitrogen and oxygen atoms in total. The summed E-state index contributed by atoms with van der Waals surface area (Å²) < 4.78 is 3.81. The molecule has 0 saturated carbocycles. The molecular formula is C15H16N4OS. The van der Waals surface area contributed by atoms with E-state index in [2.05, 4.69) is 10.1 Å². The highest BCUT2D eigenvalue weighted by molar-refractivity contribution is 7.71. The second-order valence-corrected chi connectivity index (χ2v) is 5.34. The second-order valence-electron chi connectivity index (χ2n) is 4.95. The highest BCUT2D eigenvalue weighted by atomic mass is 32.1. The van der Waals surface area contributed by atoms with E-state index < -0.39 is 0 Å². The third-order valence-corrected chi connectivity index (χ3v) is 3.96. The Morgan fingerprint density at radius 2 is 2.00 bits per heavy atom. The summed E-state index contributed by atoms with van der Waals surface area (Å²) in [5, 5.41) is 5.08. The highest BCUT2D eigenvalue weighted by Gasteiger charge is 2.16. The summed E-state index contributed by atoms with van der Waals surface area (Å²) in [7, 11) is 0. The molecule has 21 heavy (non-hydrogen) atoms. The number of hydrogen-bond acceptors (Lipinski definition) is 3. The van der Waals surface area contributed by atoms with Gasteiger partial charge >= 0.3 is 0 Å². The van der Waals surface area contributed by atoms with Crippen molar-refractivity contribution >= 4 is 23.1 Å². The van der Waals surface area contributed by atoms with Crippen molar-refractivity contribution in [2.45, 2.75) is 27.3 Å². The van der Waals surface area contributed by atoms with Gasteiger partial charge in [0.1, 0.15) is 0 Å². The van der Waals surface area contributed by atoms with Crippen molar-refractivity contribution < 1.29 is 0 Å². The third kappa shape index (κ3) is 2.03. The first-order valence-corrected chi connectivity index (χ1v) is 7.24. The third-order valence-electron chi connectivity index (χ3n) is 3.67. The zero-order valence-electron chi connectivity index (χ0n) is 12.2. The number of aromatic amines is 1. The first kappa shape index (κ1) is 13.8. The number of aromatic nitrogens is 4. The van der Waals surface area contributed by atoms with Crippen molar-refractivity contribution in [1.82, 2.24) is 19.3 Å². The molecule has 0 aliphatic heterocycles. The van der Waals surface area contributed by atoms with Gasteiger partial charge in [-0.25, -0.2) is 4.57 Å². The van der Waals surface area contributed by atoms with Crippen molar-refractivity contribution in [3.8, 4) is 5.69 Å². The maximum absolute atomic E-state index is 12.8. The highest BCUT2D eigenvalue weighted by Crippen LogP contribution is 2.18. The molecule has 3 aromatic rings. The molecule has 108 valence electrons. The van der Waals surface area contributed by atoms with Crippen LogP contribution in [0.5, 0.6) is 0 Å². The second kappa shape index (κ2) is 4.96. The Kier molecular flexibility index (Phi) is 3.25. The van der Waals surface area contributed by atoms with Gasteiger partial charge in [0.15, 0.2) is 4.77 Å². The Hall–Kier alpha value is -2.21. The summed E-state index contributed by atoms with van der Waals surface area (Å²) in [5.41, 5.74) is 3.14. The molecule has 2 heterocycles. The molecular weight excluding hydrogens is 284 g/mol. The van der Waals surface area contributed by atoms with Crippen molar-refractivity contribution in [2.75, 3.05) is 0 Å². The number of aryl methyl sites for hydroxylation is 2. The molecule has 0 aliphatic carbocycles. The fourth-order valence-corrected chi connectivity index (χ4v) is 2.97. The Bertz CT molecular complexity index is 948. The molecule has 2 aromatic heterocycles. The van der Waals surface area contributed by atoms with Crippen LogP contribution >= 0.6 is 12.2 Å². The molecule has 1 aromatic carbocycles. The van der Waals surface area contributed by atoms with Gasteiger partial charge in [0.05, 0.1) is 28.0 Å². The minimum atomic E-state index is -0.115. The Morgan fingerprint density at radius 3 is 2.67 bits per heavy atom. The van der Waals surface area contributed by atoms with Crippen LogP contribution in [0.25, 0.3) is 16.6 Å². The van der Waals surface area contributed by atoms with Gasteiger partial charge in [0, 0.05) is 6.54 Å². The van der Waals surface area contributed by atoms with E-state index in [4.69, 9.17) is 12.2 Å². The van der Waals surface area contributed by atoms with Gasteiger partial charge in [-0.05, 0) is 45.1 Å². The van der Waals surface area contributed by atoms with E-state index >= 15 is 0 Å². The lowest BCUT2D eigenvalue weighted by Crippen LogP contribution is -2.21. The van der Waals surface area contributed by atoms with Gasteiger partial charge in [-0.1, -0.05) is 12.1 Å². The van der Waals surface area contributed by atoms with Crippen molar-refractivity contribution in [1.29, 1.82) is 0 Å². The van der Waals surface area contributed by atoms with E-state index in [1.54, 1.807) is 10.6 Å². The van der Waals surface area contributed by atoms with Crippen molar-refractivity contribution in [3.05, 3.63) is 50.8 Å². The van der Waals surface area contributed by atoms with Gasteiger partial charge in [0.25, 0.3) is 5.56 Å². The molecule has 0 fully saturated rings. The maximum atomic E-state index is 12.8. The molecule has 0 atom stereocenters. The lowest BCUT2D eigenvalue weighted by molar-refractivity contribution is 0.633. The fraction of sp³-hybridized carbons (Fsp3) is 0.267. The zero-order chi connectivity index (χ0) is 15.1. The molecule has 0 amide bonds. The van der Waals surface area contributed by atoms with E-state index in [0.29, 0.717) is 10.2 Å². The minimum absolute atomic E-state index is 0.115. The number of para-hydroxylation sites is 1. The number of H-pyrrole nitrogens is 1. The van der Waals surface area contributed by atoms with E-state index in [1.807, 2.05) is 43.7 Å². The van der Waals surface area contributed by atoms with Crippen LogP contribution in [0.3, 0.4) is 0 Å². The lowest BCUT2D eigenvalue weighted by atomic mass is 10.2. The van der Waals surface area contributed by atoms with Crippen LogP contribution < -0.4 is 5.56 Å². The Morgan fingerprint density at radius 1 is 1.29 bits per heavy atom. The van der Waals surface area contributed by atoms with Gasteiger partial charge in [-0.2, -0.15) is 5.10 Å². The van der Waals surface area contributed by atoms with E-state index in [-0.39, 0.29) is 5.56 Å². The molecule has 0 spiro atoms. The average Bonchev–Trinajstić information content (AvgIpc) is 2.75. The number of fused-ring (bicyclic) bond motifs is 1. The van der Waals surface area contributed by atoms with Gasteiger partial charge < -0.3 is 4.98 Å². The predicted octanol–water partition coefficient (Wildman–Crippen LogP) is 2.88. The normalized spacial score (nSPS) is 11.2. The lowest BCUT2D eigenvalue weighted by Gasteiger charge is -2.08. The summed E-state index contributed by atoms with van der Waals surface area (Å²) in [5.74, 6) is 0. The van der Waals surface area contributed by atoms with Crippen molar-refractivity contribution in [2.24, 2.45) is 0 Å². The van der Waals surface area contributed by atoms with E-state index in [1.165, 1.54) is 0 Å². The summed E-state index contributed by atoms with van der Waals surface area (Å²) in [4.78, 5) is 15.9. The number of nitrogens with zero attached hydrogens (tertiary/aromatic N) is 3. The minimum Gasteiger partial charge on any atom is -0.331 e. The average molecular weight is 300 g/mol. The molecule has 0 radical (unpaired) electrons. The zero-order valence-corrected chi connectivity index (χ0v) is 13.0. The summed E-state index contributed by atoms with van der Waals surface area (Å²) in [6, 6.07) is 7.38. The molecule has 0 saturated heterocycles. The standard InChI is InChI=1S/C15H16N4OS/c1-4-18-10(3)13(9(2)17-18)19-14(20)11-7-5-6-8-12(11)16-15(19)21/h5-8H,4H2,1-3H3,(H,16,21). The summed E-state index contributed by atoms with van der Waals surface area (Å²) in [6.07, 6.45) is 0. The van der Waals surface area contributed by atoms with Crippen molar-refractivity contribution in [3.63, 3.8) is 0 Å². The SMILES string of the molecule is CCn1nc(C)c(-n2c(=S)[nH]c3ccccc3c2=O)c1C. The van der Waals surface area contributed by atoms with Crippen LogP contribution in [0.15, 0.2) is 29.1 Å². The largest absolute Gasteiger partial charge is 0.331 e. The van der Waals surface area contributed by atoms with Crippen LogP contribution in [0.1, 0.15) is 18.3 Å². The molecule has 0 aliphatic rings. The number of hydrogen-bond donors (Lipinski definition) is 1. The summed E-state index contributed by atoms with van der Waals surface area (Å²) >= 11 is 5.38. The van der Waals surface area contributed by atoms with Crippen LogP contribution in [0, 0.1) is 18.6 Å². The summed E-state index contributed by atoms with van der Waals surface area (Å²) in [6.45, 7) is 6.62. The smallest absolute Gasteiger partial charge is 0.266 e. The molecule has 6 heteroatoms.